The van der Waals surface area contributed by atoms with Crippen LogP contribution in [0.4, 0.5) is 0 Å². The lowest BCUT2D eigenvalue weighted by molar-refractivity contribution is -0.0902. The van der Waals surface area contributed by atoms with Crippen LogP contribution in [-0.4, -0.2) is 35.9 Å². The Morgan fingerprint density at radius 1 is 1.60 bits per heavy atom. The molecule has 5 nitrogen and oxygen atoms in total. The molecule has 2 rings (SSSR count). The Hall–Kier alpha value is -0.980. The molecule has 0 spiro atoms. The number of ether oxygens (including phenoxy) is 2. The molecule has 0 aliphatic carbocycles. The molecule has 0 aromatic carbocycles. The third-order valence-corrected chi connectivity index (χ3v) is 3.34. The summed E-state index contributed by atoms with van der Waals surface area (Å²) in [6.45, 7) is 3.26. The summed E-state index contributed by atoms with van der Waals surface area (Å²) in [5, 5.41) is 9.56. The van der Waals surface area contributed by atoms with E-state index in [4.69, 9.17) is 14.6 Å². The number of carboxylic acid groups (broad SMARTS) is 1. The predicted molar refractivity (Wildman–Crippen MR) is 53.3 cm³/mol. The van der Waals surface area contributed by atoms with Crippen LogP contribution < -0.4 is 0 Å². The van der Waals surface area contributed by atoms with Crippen LogP contribution in [0.25, 0.3) is 0 Å². The summed E-state index contributed by atoms with van der Waals surface area (Å²) in [5.74, 6) is -0.937. The Balaban J connectivity index is 2.21. The maximum atomic E-state index is 10.8. The average Bonchev–Trinajstić information content (AvgIpc) is 2.62. The van der Waals surface area contributed by atoms with Crippen molar-refractivity contribution in [2.75, 3.05) is 19.8 Å². The molecule has 0 radical (unpaired) electrons. The van der Waals surface area contributed by atoms with Gasteiger partial charge in [0.1, 0.15) is 16.0 Å². The molecule has 1 aromatic heterocycles. The van der Waals surface area contributed by atoms with Crippen LogP contribution in [0, 0.1) is 6.92 Å². The first kappa shape index (κ1) is 10.5. The van der Waals surface area contributed by atoms with Gasteiger partial charge in [0.25, 0.3) is 0 Å². The van der Waals surface area contributed by atoms with Crippen molar-refractivity contribution in [2.24, 2.45) is 0 Å². The van der Waals surface area contributed by atoms with Crippen molar-refractivity contribution >= 4 is 17.3 Å². The standard InChI is InChI=1S/C9H11NO4S/c1-5-7(9(11)12)15-8(10-5)6-4-13-2-3-14-6/h6H,2-4H2,1H3,(H,11,12). The summed E-state index contributed by atoms with van der Waals surface area (Å²) in [6, 6.07) is 0. The zero-order valence-corrected chi connectivity index (χ0v) is 9.04. The Morgan fingerprint density at radius 3 is 2.93 bits per heavy atom. The Kier molecular flexibility index (Phi) is 2.99. The third-order valence-electron chi connectivity index (χ3n) is 2.10. The molecule has 1 atom stereocenters. The topological polar surface area (TPSA) is 68.7 Å². The highest BCUT2D eigenvalue weighted by atomic mass is 32.1. The van der Waals surface area contributed by atoms with Gasteiger partial charge in [0, 0.05) is 0 Å². The van der Waals surface area contributed by atoms with Gasteiger partial charge in [0.2, 0.25) is 0 Å². The first-order valence-electron chi connectivity index (χ1n) is 4.58. The number of carbonyl (C=O) groups is 1. The van der Waals surface area contributed by atoms with Crippen LogP contribution >= 0.6 is 11.3 Å². The largest absolute Gasteiger partial charge is 0.477 e. The van der Waals surface area contributed by atoms with Crippen LogP contribution in [0.3, 0.4) is 0 Å². The number of hydrogen-bond donors (Lipinski definition) is 1. The monoisotopic (exact) mass is 229 g/mol. The molecule has 1 saturated heterocycles. The normalized spacial score (nSPS) is 21.5. The molecule has 2 heterocycles. The van der Waals surface area contributed by atoms with Gasteiger partial charge in [-0.2, -0.15) is 0 Å². The summed E-state index contributed by atoms with van der Waals surface area (Å²) in [6.07, 6.45) is -0.212. The lowest BCUT2D eigenvalue weighted by Crippen LogP contribution is -2.21. The SMILES string of the molecule is Cc1nc(C2COCCO2)sc1C(=O)O. The summed E-state index contributed by atoms with van der Waals surface area (Å²) in [5.41, 5.74) is 0.539. The third kappa shape index (κ3) is 2.17. The maximum absolute atomic E-state index is 10.8. The van der Waals surface area contributed by atoms with Gasteiger partial charge in [-0.25, -0.2) is 9.78 Å². The highest BCUT2D eigenvalue weighted by Crippen LogP contribution is 2.27. The minimum atomic E-state index is -0.937. The van der Waals surface area contributed by atoms with E-state index in [9.17, 15) is 4.79 Å². The summed E-state index contributed by atoms with van der Waals surface area (Å²) >= 11 is 1.16. The molecule has 0 saturated carbocycles. The number of aromatic nitrogens is 1. The van der Waals surface area contributed by atoms with Crippen molar-refractivity contribution in [3.8, 4) is 0 Å². The van der Waals surface area contributed by atoms with Crippen LogP contribution in [0.15, 0.2) is 0 Å². The van der Waals surface area contributed by atoms with E-state index in [1.54, 1.807) is 6.92 Å². The molecular weight excluding hydrogens is 218 g/mol. The lowest BCUT2D eigenvalue weighted by atomic mass is 10.3. The van der Waals surface area contributed by atoms with Crippen LogP contribution in [-0.2, 0) is 9.47 Å². The average molecular weight is 229 g/mol. The van der Waals surface area contributed by atoms with Crippen molar-refractivity contribution in [3.63, 3.8) is 0 Å². The summed E-state index contributed by atoms with van der Waals surface area (Å²) in [4.78, 5) is 15.3. The fourth-order valence-electron chi connectivity index (χ4n) is 1.38. The first-order valence-corrected chi connectivity index (χ1v) is 5.40. The van der Waals surface area contributed by atoms with Crippen LogP contribution in [0.5, 0.6) is 0 Å². The molecule has 1 unspecified atom stereocenters. The van der Waals surface area contributed by atoms with E-state index in [0.717, 1.165) is 11.3 Å². The molecule has 1 aromatic rings. The lowest BCUT2D eigenvalue weighted by Gasteiger charge is -2.20. The van der Waals surface area contributed by atoms with Gasteiger partial charge in [-0.15, -0.1) is 11.3 Å². The second kappa shape index (κ2) is 4.26. The van der Waals surface area contributed by atoms with E-state index in [1.807, 2.05) is 0 Å². The van der Waals surface area contributed by atoms with Gasteiger partial charge in [-0.1, -0.05) is 0 Å². The quantitative estimate of drug-likeness (QED) is 0.826. The molecule has 15 heavy (non-hydrogen) atoms. The Morgan fingerprint density at radius 2 is 2.40 bits per heavy atom. The zero-order chi connectivity index (χ0) is 10.8. The summed E-state index contributed by atoms with van der Waals surface area (Å²) < 4.78 is 10.7. The second-order valence-corrected chi connectivity index (χ2v) is 4.24. The van der Waals surface area contributed by atoms with Crippen LogP contribution in [0.1, 0.15) is 26.5 Å². The van der Waals surface area contributed by atoms with Crippen molar-refractivity contribution in [1.82, 2.24) is 4.98 Å². The van der Waals surface area contributed by atoms with E-state index in [2.05, 4.69) is 4.98 Å². The first-order chi connectivity index (χ1) is 7.18. The van der Waals surface area contributed by atoms with E-state index in [1.165, 1.54) is 0 Å². The summed E-state index contributed by atoms with van der Waals surface area (Å²) in [7, 11) is 0. The molecular formula is C9H11NO4S. The number of nitrogens with zero attached hydrogens (tertiary/aromatic N) is 1. The molecule has 0 bridgehead atoms. The molecule has 0 amide bonds. The van der Waals surface area contributed by atoms with Gasteiger partial charge in [-0.05, 0) is 6.92 Å². The minimum Gasteiger partial charge on any atom is -0.477 e. The number of aromatic carboxylic acids is 1. The number of rotatable bonds is 2. The predicted octanol–water partition coefficient (Wildman–Crippen LogP) is 1.24. The highest BCUT2D eigenvalue weighted by Gasteiger charge is 2.23. The van der Waals surface area contributed by atoms with E-state index >= 15 is 0 Å². The molecule has 1 N–H and O–H groups in total. The zero-order valence-electron chi connectivity index (χ0n) is 8.23. The van der Waals surface area contributed by atoms with Crippen molar-refractivity contribution in [1.29, 1.82) is 0 Å². The van der Waals surface area contributed by atoms with Gasteiger partial charge in [0.15, 0.2) is 0 Å². The fraction of sp³-hybridized carbons (Fsp3) is 0.556. The highest BCUT2D eigenvalue weighted by molar-refractivity contribution is 7.13. The van der Waals surface area contributed by atoms with E-state index in [-0.39, 0.29) is 11.0 Å². The van der Waals surface area contributed by atoms with Gasteiger partial charge >= 0.3 is 5.97 Å². The molecule has 1 aliphatic rings. The number of hydrogen-bond acceptors (Lipinski definition) is 5. The number of aryl methyl sites for hydroxylation is 1. The van der Waals surface area contributed by atoms with Gasteiger partial charge in [-0.3, -0.25) is 0 Å². The molecule has 82 valence electrons. The molecule has 6 heteroatoms. The van der Waals surface area contributed by atoms with Crippen molar-refractivity contribution in [2.45, 2.75) is 13.0 Å². The van der Waals surface area contributed by atoms with Crippen molar-refractivity contribution < 1.29 is 19.4 Å². The molecule has 1 aliphatic heterocycles. The van der Waals surface area contributed by atoms with Gasteiger partial charge in [0.05, 0.1) is 25.5 Å². The Bertz CT molecular complexity index is 370. The maximum Gasteiger partial charge on any atom is 0.347 e. The Labute approximate surface area is 90.7 Å². The smallest absolute Gasteiger partial charge is 0.347 e. The second-order valence-electron chi connectivity index (χ2n) is 3.21. The van der Waals surface area contributed by atoms with E-state index < -0.39 is 5.97 Å². The van der Waals surface area contributed by atoms with E-state index in [0.29, 0.717) is 30.5 Å². The molecule has 1 fully saturated rings. The fourth-order valence-corrected chi connectivity index (χ4v) is 2.32. The number of thiazole rings is 1. The van der Waals surface area contributed by atoms with Gasteiger partial charge < -0.3 is 14.6 Å². The van der Waals surface area contributed by atoms with Crippen LogP contribution in [0.2, 0.25) is 0 Å². The minimum absolute atomic E-state index is 0.212. The number of carboxylic acids is 1. The van der Waals surface area contributed by atoms with Crippen molar-refractivity contribution in [3.05, 3.63) is 15.6 Å².